The van der Waals surface area contributed by atoms with E-state index in [2.05, 4.69) is 0 Å². The van der Waals surface area contributed by atoms with E-state index >= 15 is 0 Å². The summed E-state index contributed by atoms with van der Waals surface area (Å²) in [5, 5.41) is 0. The summed E-state index contributed by atoms with van der Waals surface area (Å²) in [5.74, 6) is -0.242. The van der Waals surface area contributed by atoms with Gasteiger partial charge in [-0.1, -0.05) is 0 Å². The summed E-state index contributed by atoms with van der Waals surface area (Å²) in [6, 6.07) is 4.96. The molecule has 0 amide bonds. The van der Waals surface area contributed by atoms with E-state index in [-0.39, 0.29) is 5.82 Å². The third kappa shape index (κ3) is 5.26. The molecule has 0 bridgehead atoms. The van der Waals surface area contributed by atoms with Crippen LogP contribution in [-0.4, -0.2) is 24.2 Å². The highest BCUT2D eigenvalue weighted by Crippen LogP contribution is 2.22. The van der Waals surface area contributed by atoms with Gasteiger partial charge < -0.3 is 15.2 Å². The van der Waals surface area contributed by atoms with Crippen molar-refractivity contribution in [2.45, 2.75) is 38.8 Å². The van der Waals surface area contributed by atoms with E-state index in [1.807, 2.05) is 13.8 Å². The van der Waals surface area contributed by atoms with Crippen molar-refractivity contribution in [1.29, 1.82) is 0 Å². The Hall–Kier alpha value is -1.62. The molecule has 1 aromatic carbocycles. The zero-order chi connectivity index (χ0) is 14.5. The van der Waals surface area contributed by atoms with Gasteiger partial charge >= 0.3 is 5.97 Å². The van der Waals surface area contributed by atoms with Crippen LogP contribution in [0, 0.1) is 5.82 Å². The number of hydrogen-bond acceptors (Lipinski definition) is 4. The fourth-order valence-corrected chi connectivity index (χ4v) is 1.73. The van der Waals surface area contributed by atoms with E-state index in [9.17, 15) is 9.18 Å². The molecule has 1 rings (SSSR count). The van der Waals surface area contributed by atoms with Crippen LogP contribution in [0.1, 0.15) is 27.2 Å². The van der Waals surface area contributed by atoms with Crippen molar-refractivity contribution in [3.63, 3.8) is 0 Å². The fraction of sp³-hybridized carbons (Fsp3) is 0.500. The average Bonchev–Trinajstić information content (AvgIpc) is 2.31. The second-order valence-electron chi connectivity index (χ2n) is 4.88. The van der Waals surface area contributed by atoms with Gasteiger partial charge in [-0.05, 0) is 45.0 Å². The smallest absolute Gasteiger partial charge is 0.323 e. The molecule has 0 radical (unpaired) electrons. The third-order valence-corrected chi connectivity index (χ3v) is 2.51. The first-order valence-electron chi connectivity index (χ1n) is 6.21. The van der Waals surface area contributed by atoms with Crippen LogP contribution in [0.25, 0.3) is 0 Å². The summed E-state index contributed by atoms with van der Waals surface area (Å²) < 4.78 is 23.3. The molecule has 4 nitrogen and oxygen atoms in total. The first kappa shape index (κ1) is 15.4. The maximum absolute atomic E-state index is 12.8. The molecule has 0 fully saturated rings. The Bertz CT molecular complexity index is 417. The minimum atomic E-state index is -0.740. The predicted molar refractivity (Wildman–Crippen MR) is 70.3 cm³/mol. The molecule has 19 heavy (non-hydrogen) atoms. The van der Waals surface area contributed by atoms with Crippen molar-refractivity contribution in [2.75, 3.05) is 6.61 Å². The first-order valence-corrected chi connectivity index (χ1v) is 6.21. The van der Waals surface area contributed by atoms with Gasteiger partial charge in [-0.15, -0.1) is 0 Å². The molecule has 1 unspecified atom stereocenters. The van der Waals surface area contributed by atoms with E-state index in [0.717, 1.165) is 0 Å². The van der Waals surface area contributed by atoms with Crippen LogP contribution in [0.5, 0.6) is 5.75 Å². The summed E-state index contributed by atoms with van der Waals surface area (Å²) in [6.07, 6.45) is 0.309. The molecule has 0 heterocycles. The predicted octanol–water partition coefficient (Wildman–Crippen LogP) is 2.26. The Morgan fingerprint density at radius 2 is 1.95 bits per heavy atom. The lowest BCUT2D eigenvalue weighted by Crippen LogP contribution is -2.42. The topological polar surface area (TPSA) is 61.5 Å². The van der Waals surface area contributed by atoms with Crippen LogP contribution in [0.3, 0.4) is 0 Å². The number of ether oxygens (including phenoxy) is 2. The molecular formula is C14H20FNO3. The molecule has 0 saturated heterocycles. The molecule has 2 N–H and O–H groups in total. The van der Waals surface area contributed by atoms with Gasteiger partial charge in [-0.2, -0.15) is 0 Å². The summed E-state index contributed by atoms with van der Waals surface area (Å²) in [5.41, 5.74) is 5.10. The second kappa shape index (κ2) is 6.52. The molecular weight excluding hydrogens is 249 g/mol. The highest BCUT2D eigenvalue weighted by atomic mass is 19.1. The Balaban J connectivity index is 2.60. The van der Waals surface area contributed by atoms with Crippen molar-refractivity contribution >= 4 is 5.97 Å². The summed E-state index contributed by atoms with van der Waals surface area (Å²) >= 11 is 0. The fourth-order valence-electron chi connectivity index (χ4n) is 1.73. The number of nitrogens with two attached hydrogens (primary N) is 1. The number of halogens is 1. The summed E-state index contributed by atoms with van der Waals surface area (Å²) in [4.78, 5) is 11.5. The minimum absolute atomic E-state index is 0.297. The molecule has 0 aliphatic carbocycles. The Kier molecular flexibility index (Phi) is 5.30. The van der Waals surface area contributed by atoms with Crippen LogP contribution >= 0.6 is 0 Å². The van der Waals surface area contributed by atoms with Gasteiger partial charge in [0.2, 0.25) is 0 Å². The highest BCUT2D eigenvalue weighted by molar-refractivity contribution is 5.75. The van der Waals surface area contributed by atoms with Gasteiger partial charge in [-0.25, -0.2) is 4.39 Å². The van der Waals surface area contributed by atoms with Gasteiger partial charge in [0.1, 0.15) is 23.2 Å². The average molecular weight is 269 g/mol. The first-order chi connectivity index (χ1) is 8.84. The lowest BCUT2D eigenvalue weighted by molar-refractivity contribution is -0.145. The molecule has 0 aliphatic rings. The lowest BCUT2D eigenvalue weighted by atomic mass is 9.99. The summed E-state index contributed by atoms with van der Waals surface area (Å²) in [6.45, 7) is 5.65. The van der Waals surface area contributed by atoms with Crippen LogP contribution in [0.2, 0.25) is 0 Å². The number of hydrogen-bond donors (Lipinski definition) is 1. The highest BCUT2D eigenvalue weighted by Gasteiger charge is 2.28. The number of carbonyl (C=O) groups excluding carboxylic acids is 1. The van der Waals surface area contributed by atoms with E-state index in [4.69, 9.17) is 15.2 Å². The van der Waals surface area contributed by atoms with Gasteiger partial charge in [0, 0.05) is 6.42 Å². The van der Waals surface area contributed by atoms with Crippen molar-refractivity contribution in [3.8, 4) is 5.75 Å². The minimum Gasteiger partial charge on any atom is -0.488 e. The monoisotopic (exact) mass is 269 g/mol. The maximum atomic E-state index is 12.8. The molecule has 0 aliphatic heterocycles. The standard InChI is InChI=1S/C14H20FNO3/c1-4-18-13(17)12(16)9-14(2,3)19-11-7-5-10(15)6-8-11/h5-8,12H,4,9,16H2,1-3H3. The molecule has 106 valence electrons. The van der Waals surface area contributed by atoms with Gasteiger partial charge in [-0.3, -0.25) is 4.79 Å². The zero-order valence-corrected chi connectivity index (χ0v) is 11.5. The van der Waals surface area contributed by atoms with Crippen LogP contribution in [-0.2, 0) is 9.53 Å². The van der Waals surface area contributed by atoms with Crippen molar-refractivity contribution in [3.05, 3.63) is 30.1 Å². The summed E-state index contributed by atoms with van der Waals surface area (Å²) in [7, 11) is 0. The largest absolute Gasteiger partial charge is 0.488 e. The van der Waals surface area contributed by atoms with Crippen molar-refractivity contribution in [1.82, 2.24) is 0 Å². The Morgan fingerprint density at radius 1 is 1.37 bits per heavy atom. The van der Waals surface area contributed by atoms with Gasteiger partial charge in [0.25, 0.3) is 0 Å². The SMILES string of the molecule is CCOC(=O)C(N)CC(C)(C)Oc1ccc(F)cc1. The normalized spacial score (nSPS) is 12.9. The van der Waals surface area contributed by atoms with Gasteiger partial charge in [0.05, 0.1) is 6.61 Å². The molecule has 1 atom stereocenters. The lowest BCUT2D eigenvalue weighted by Gasteiger charge is -2.28. The zero-order valence-electron chi connectivity index (χ0n) is 11.5. The van der Waals surface area contributed by atoms with Crippen molar-refractivity contribution in [2.24, 2.45) is 5.73 Å². The molecule has 0 saturated carbocycles. The van der Waals surface area contributed by atoms with Crippen LogP contribution in [0.15, 0.2) is 24.3 Å². The van der Waals surface area contributed by atoms with E-state index < -0.39 is 17.6 Å². The molecule has 5 heteroatoms. The number of carbonyl (C=O) groups is 1. The maximum Gasteiger partial charge on any atom is 0.323 e. The quantitative estimate of drug-likeness (QED) is 0.805. The van der Waals surface area contributed by atoms with E-state index in [1.165, 1.54) is 24.3 Å². The Morgan fingerprint density at radius 3 is 2.47 bits per heavy atom. The third-order valence-electron chi connectivity index (χ3n) is 2.51. The van der Waals surface area contributed by atoms with Gasteiger partial charge in [0.15, 0.2) is 0 Å². The Labute approximate surface area is 112 Å². The van der Waals surface area contributed by atoms with E-state index in [1.54, 1.807) is 6.92 Å². The second-order valence-corrected chi connectivity index (χ2v) is 4.88. The van der Waals surface area contributed by atoms with Crippen molar-refractivity contribution < 1.29 is 18.7 Å². The number of benzene rings is 1. The molecule has 1 aromatic rings. The number of esters is 1. The van der Waals surface area contributed by atoms with Crippen LogP contribution < -0.4 is 10.5 Å². The molecule has 0 spiro atoms. The van der Waals surface area contributed by atoms with Crippen LogP contribution in [0.4, 0.5) is 4.39 Å². The molecule has 0 aromatic heterocycles. The number of rotatable bonds is 6. The van der Waals surface area contributed by atoms with E-state index in [0.29, 0.717) is 18.8 Å².